The van der Waals surface area contributed by atoms with Gasteiger partial charge in [-0.05, 0) is 60.5 Å². The van der Waals surface area contributed by atoms with Crippen molar-refractivity contribution in [3.8, 4) is 23.8 Å². The first-order valence-electron chi connectivity index (χ1n) is 14.9. The molecule has 0 aliphatic carbocycles. The van der Waals surface area contributed by atoms with Crippen molar-refractivity contribution in [1.82, 2.24) is 9.47 Å². The number of aromatic nitrogens is 1. The number of benzene rings is 4. The second-order valence-electron chi connectivity index (χ2n) is 10.7. The minimum absolute atomic E-state index is 0.0946. The van der Waals surface area contributed by atoms with E-state index in [1.807, 2.05) is 99.6 Å². The Morgan fingerprint density at radius 1 is 1.00 bits per heavy atom. The van der Waals surface area contributed by atoms with Crippen LogP contribution in [0.2, 0.25) is 0 Å². The van der Waals surface area contributed by atoms with E-state index in [4.69, 9.17) is 20.9 Å². The number of methoxy groups -OCH3 is 1. The summed E-state index contributed by atoms with van der Waals surface area (Å²) in [7, 11) is 1.61. The fourth-order valence-corrected chi connectivity index (χ4v) is 7.11. The van der Waals surface area contributed by atoms with Gasteiger partial charge in [-0.15, -0.1) is 6.42 Å². The molecule has 4 aromatic carbocycles. The van der Waals surface area contributed by atoms with Crippen molar-refractivity contribution < 1.29 is 14.3 Å². The molecule has 7 nitrogen and oxygen atoms in total. The number of nitrogens with zero attached hydrogens (tertiary/aromatic N) is 3. The van der Waals surface area contributed by atoms with Crippen molar-refractivity contribution in [1.29, 1.82) is 0 Å². The third kappa shape index (κ3) is 5.19. The number of hydrogen-bond donors (Lipinski definition) is 0. The lowest BCUT2D eigenvalue weighted by atomic mass is 9.90. The van der Waals surface area contributed by atoms with E-state index in [0.717, 1.165) is 32.7 Å². The summed E-state index contributed by atoms with van der Waals surface area (Å²) in [5.74, 6) is 3.54. The summed E-state index contributed by atoms with van der Waals surface area (Å²) in [5.41, 5.74) is 2.27. The predicted molar refractivity (Wildman–Crippen MR) is 180 cm³/mol. The molecule has 0 bridgehead atoms. The molecule has 0 unspecified atom stereocenters. The van der Waals surface area contributed by atoms with Gasteiger partial charge in [0.05, 0.1) is 22.9 Å². The van der Waals surface area contributed by atoms with Gasteiger partial charge in [0.2, 0.25) is 0 Å². The molecule has 6 rings (SSSR count). The summed E-state index contributed by atoms with van der Waals surface area (Å²) in [4.78, 5) is 36.0. The van der Waals surface area contributed by atoms with Gasteiger partial charge in [0, 0.05) is 24.2 Å². The number of rotatable bonds is 8. The van der Waals surface area contributed by atoms with E-state index in [1.54, 1.807) is 16.6 Å². The van der Waals surface area contributed by atoms with Crippen LogP contribution in [0.15, 0.2) is 93.9 Å². The summed E-state index contributed by atoms with van der Waals surface area (Å²) < 4.78 is 13.9. The lowest BCUT2D eigenvalue weighted by Crippen LogP contribution is -2.43. The standard InChI is InChI=1S/C37H33N3O4S/c1-6-21-44-29-19-17-24-13-9-11-15-26(24)28(29)22-31-35(41)40-34(33-27-16-12-10-14-25(27)18-20-30(33)43-5)32(23(4)38-37(40)45-31)36(42)39(7-2)8-3/h1,9-20,22,34H,7-8,21H2,2-5H3/b31-22+/t34-/m0/s1. The Labute approximate surface area is 265 Å². The average molecular weight is 616 g/mol. The Kier molecular flexibility index (Phi) is 8.29. The summed E-state index contributed by atoms with van der Waals surface area (Å²) in [5, 5.41) is 3.81. The Morgan fingerprint density at radius 2 is 1.64 bits per heavy atom. The zero-order chi connectivity index (χ0) is 31.7. The van der Waals surface area contributed by atoms with Crippen LogP contribution in [0, 0.1) is 12.3 Å². The van der Waals surface area contributed by atoms with E-state index in [0.29, 0.717) is 45.2 Å². The van der Waals surface area contributed by atoms with E-state index in [2.05, 4.69) is 5.92 Å². The fraction of sp³-hybridized carbons (Fsp3) is 0.216. The van der Waals surface area contributed by atoms with Crippen molar-refractivity contribution in [2.45, 2.75) is 26.8 Å². The third-order valence-electron chi connectivity index (χ3n) is 8.24. The molecule has 0 fully saturated rings. The number of thiazole rings is 1. The summed E-state index contributed by atoms with van der Waals surface area (Å²) in [6, 6.07) is 22.8. The highest BCUT2D eigenvalue weighted by Gasteiger charge is 2.36. The number of likely N-dealkylation sites (N-methyl/N-ethyl adjacent to an activating group) is 1. The topological polar surface area (TPSA) is 73.1 Å². The number of amides is 1. The molecule has 0 saturated heterocycles. The van der Waals surface area contributed by atoms with Gasteiger partial charge in [0.15, 0.2) is 4.80 Å². The molecule has 226 valence electrons. The van der Waals surface area contributed by atoms with Crippen LogP contribution in [0.25, 0.3) is 27.6 Å². The first-order chi connectivity index (χ1) is 21.9. The van der Waals surface area contributed by atoms with Gasteiger partial charge in [0.1, 0.15) is 24.1 Å². The van der Waals surface area contributed by atoms with E-state index >= 15 is 0 Å². The summed E-state index contributed by atoms with van der Waals surface area (Å²) >= 11 is 1.29. The van der Waals surface area contributed by atoms with Crippen LogP contribution in [0.4, 0.5) is 0 Å². The molecule has 1 aromatic heterocycles. The largest absolute Gasteiger partial charge is 0.496 e. The van der Waals surface area contributed by atoms with E-state index in [1.165, 1.54) is 11.3 Å². The molecule has 5 aromatic rings. The molecule has 1 aliphatic rings. The summed E-state index contributed by atoms with van der Waals surface area (Å²) in [6.07, 6.45) is 7.36. The number of carbonyl (C=O) groups is 1. The first-order valence-corrected chi connectivity index (χ1v) is 15.7. The van der Waals surface area contributed by atoms with Crippen LogP contribution in [0.1, 0.15) is 37.9 Å². The number of fused-ring (bicyclic) bond motifs is 3. The molecule has 2 heterocycles. The molecule has 0 spiro atoms. The maximum Gasteiger partial charge on any atom is 0.271 e. The Balaban J connectivity index is 1.68. The Hall–Kier alpha value is -5.13. The maximum atomic E-state index is 14.6. The lowest BCUT2D eigenvalue weighted by Gasteiger charge is -2.30. The predicted octanol–water partition coefficient (Wildman–Crippen LogP) is 5.43. The Morgan fingerprint density at radius 3 is 2.31 bits per heavy atom. The molecule has 0 N–H and O–H groups in total. The third-order valence-corrected chi connectivity index (χ3v) is 9.23. The average Bonchev–Trinajstić information content (AvgIpc) is 3.37. The second kappa shape index (κ2) is 12.5. The maximum absolute atomic E-state index is 14.6. The normalized spacial score (nSPS) is 14.6. The van der Waals surface area contributed by atoms with Crippen LogP contribution in [-0.4, -0.2) is 42.2 Å². The molecular weight excluding hydrogens is 582 g/mol. The monoisotopic (exact) mass is 615 g/mol. The fourth-order valence-electron chi connectivity index (χ4n) is 6.09. The summed E-state index contributed by atoms with van der Waals surface area (Å²) in [6.45, 7) is 6.88. The van der Waals surface area contributed by atoms with E-state index < -0.39 is 6.04 Å². The van der Waals surface area contributed by atoms with Crippen LogP contribution >= 0.6 is 11.3 Å². The van der Waals surface area contributed by atoms with Crippen molar-refractivity contribution in [3.05, 3.63) is 115 Å². The van der Waals surface area contributed by atoms with Crippen molar-refractivity contribution >= 4 is 44.9 Å². The first kappa shape index (κ1) is 29.9. The van der Waals surface area contributed by atoms with Gasteiger partial charge >= 0.3 is 0 Å². The molecule has 1 atom stereocenters. The van der Waals surface area contributed by atoms with Gasteiger partial charge in [-0.3, -0.25) is 14.2 Å². The van der Waals surface area contributed by atoms with E-state index in [9.17, 15) is 9.59 Å². The Bertz CT molecular complexity index is 2220. The number of hydrogen-bond acceptors (Lipinski definition) is 6. The highest BCUT2D eigenvalue weighted by molar-refractivity contribution is 7.07. The molecule has 8 heteroatoms. The number of allylic oxidation sites excluding steroid dienone is 1. The minimum Gasteiger partial charge on any atom is -0.496 e. The van der Waals surface area contributed by atoms with Gasteiger partial charge < -0.3 is 14.4 Å². The van der Waals surface area contributed by atoms with Crippen molar-refractivity contribution in [2.24, 2.45) is 4.99 Å². The van der Waals surface area contributed by atoms with Crippen LogP contribution < -0.4 is 24.4 Å². The van der Waals surface area contributed by atoms with Crippen molar-refractivity contribution in [2.75, 3.05) is 26.8 Å². The second-order valence-corrected chi connectivity index (χ2v) is 11.7. The lowest BCUT2D eigenvalue weighted by molar-refractivity contribution is -0.127. The van der Waals surface area contributed by atoms with Crippen LogP contribution in [0.3, 0.4) is 0 Å². The number of ether oxygens (including phenoxy) is 2. The molecular formula is C37H33N3O4S. The van der Waals surface area contributed by atoms with Gasteiger partial charge in [0.25, 0.3) is 11.5 Å². The minimum atomic E-state index is -0.762. The molecule has 0 saturated carbocycles. The highest BCUT2D eigenvalue weighted by Crippen LogP contribution is 2.40. The highest BCUT2D eigenvalue weighted by atomic mass is 32.1. The molecule has 1 amide bonds. The molecule has 0 radical (unpaired) electrons. The molecule has 45 heavy (non-hydrogen) atoms. The van der Waals surface area contributed by atoms with Gasteiger partial charge in [-0.1, -0.05) is 77.9 Å². The molecule has 1 aliphatic heterocycles. The smallest absolute Gasteiger partial charge is 0.271 e. The number of carbonyl (C=O) groups excluding carboxylic acids is 1. The zero-order valence-electron chi connectivity index (χ0n) is 25.7. The van der Waals surface area contributed by atoms with Gasteiger partial charge in [-0.2, -0.15) is 0 Å². The SMILES string of the molecule is C#CCOc1ccc2ccccc2c1/C=c1/sc2n(c1=O)[C@H](c1c(OC)ccc3ccccc13)C(C(=O)N(CC)CC)=C(C)N=2. The van der Waals surface area contributed by atoms with Crippen LogP contribution in [0.5, 0.6) is 11.5 Å². The van der Waals surface area contributed by atoms with Gasteiger partial charge in [-0.25, -0.2) is 4.99 Å². The quantitative estimate of drug-likeness (QED) is 0.218. The van der Waals surface area contributed by atoms with E-state index in [-0.39, 0.29) is 18.1 Å². The zero-order valence-corrected chi connectivity index (χ0v) is 26.5. The van der Waals surface area contributed by atoms with Crippen LogP contribution in [-0.2, 0) is 4.79 Å². The number of terminal acetylenes is 1. The van der Waals surface area contributed by atoms with Crippen molar-refractivity contribution in [3.63, 3.8) is 0 Å².